The summed E-state index contributed by atoms with van der Waals surface area (Å²) in [6.07, 6.45) is 0. The van der Waals surface area contributed by atoms with Crippen LogP contribution in [0, 0.1) is 5.92 Å². The first-order chi connectivity index (χ1) is 8.23. The molecule has 0 radical (unpaired) electrons. The zero-order chi connectivity index (χ0) is 14.3. The van der Waals surface area contributed by atoms with Crippen LogP contribution in [-0.4, -0.2) is 47.2 Å². The van der Waals surface area contributed by atoms with Crippen LogP contribution < -0.4 is 16.8 Å². The summed E-state index contributed by atoms with van der Waals surface area (Å²) in [5.74, 6) is -2.24. The Hall–Kier alpha value is -1.70. The SMILES string of the molecule is CC(C)CN(CC(N)=O)C(=O)C(=O)NCC(N)=S. The lowest BCUT2D eigenvalue weighted by atomic mass is 10.2. The maximum Gasteiger partial charge on any atom is 0.312 e. The number of amides is 3. The maximum atomic E-state index is 11.7. The molecule has 0 saturated heterocycles. The van der Waals surface area contributed by atoms with Gasteiger partial charge in [-0.3, -0.25) is 14.4 Å². The van der Waals surface area contributed by atoms with Crippen molar-refractivity contribution in [2.75, 3.05) is 19.6 Å². The summed E-state index contributed by atoms with van der Waals surface area (Å²) in [6, 6.07) is 0. The van der Waals surface area contributed by atoms with Crippen molar-refractivity contribution in [3.05, 3.63) is 0 Å². The van der Waals surface area contributed by atoms with Crippen LogP contribution in [0.1, 0.15) is 13.8 Å². The topological polar surface area (TPSA) is 119 Å². The molecule has 0 aromatic heterocycles. The Morgan fingerprint density at radius 2 is 1.83 bits per heavy atom. The molecule has 0 aliphatic heterocycles. The number of primary amides is 1. The van der Waals surface area contributed by atoms with Crippen molar-refractivity contribution in [2.24, 2.45) is 17.4 Å². The highest BCUT2D eigenvalue weighted by atomic mass is 32.1. The van der Waals surface area contributed by atoms with Crippen molar-refractivity contribution in [1.29, 1.82) is 0 Å². The summed E-state index contributed by atoms with van der Waals surface area (Å²) >= 11 is 4.57. The smallest absolute Gasteiger partial charge is 0.312 e. The summed E-state index contributed by atoms with van der Waals surface area (Å²) in [6.45, 7) is 3.62. The molecule has 18 heavy (non-hydrogen) atoms. The minimum atomic E-state index is -0.857. The fraction of sp³-hybridized carbons (Fsp3) is 0.600. The molecular weight excluding hydrogens is 256 g/mol. The molecule has 0 fully saturated rings. The lowest BCUT2D eigenvalue weighted by Gasteiger charge is -2.22. The predicted molar refractivity (Wildman–Crippen MR) is 70.4 cm³/mol. The molecule has 5 N–H and O–H groups in total. The second-order valence-electron chi connectivity index (χ2n) is 4.19. The van der Waals surface area contributed by atoms with Gasteiger partial charge in [-0.2, -0.15) is 0 Å². The van der Waals surface area contributed by atoms with Gasteiger partial charge in [0.05, 0.1) is 18.1 Å². The minimum Gasteiger partial charge on any atom is -0.392 e. The number of hydrogen-bond donors (Lipinski definition) is 3. The molecule has 0 unspecified atom stereocenters. The van der Waals surface area contributed by atoms with E-state index in [1.165, 1.54) is 0 Å². The Morgan fingerprint density at radius 1 is 1.28 bits per heavy atom. The molecule has 0 rings (SSSR count). The standard InChI is InChI=1S/C10H18N4O3S/c1-6(2)4-14(5-7(11)15)10(17)9(16)13-3-8(12)18/h6H,3-5H2,1-2H3,(H2,11,15)(H2,12,18)(H,13,16). The third-order valence-corrected chi connectivity index (χ3v) is 1.98. The van der Waals surface area contributed by atoms with Crippen molar-refractivity contribution in [2.45, 2.75) is 13.8 Å². The first-order valence-electron chi connectivity index (χ1n) is 5.37. The quantitative estimate of drug-likeness (QED) is 0.396. The van der Waals surface area contributed by atoms with Crippen molar-refractivity contribution in [1.82, 2.24) is 10.2 Å². The molecule has 0 aliphatic carbocycles. The second-order valence-corrected chi connectivity index (χ2v) is 4.72. The van der Waals surface area contributed by atoms with Crippen LogP contribution in [0.15, 0.2) is 0 Å². The van der Waals surface area contributed by atoms with E-state index in [0.717, 1.165) is 4.90 Å². The van der Waals surface area contributed by atoms with E-state index in [4.69, 9.17) is 11.5 Å². The fourth-order valence-electron chi connectivity index (χ4n) is 1.23. The number of carbonyl (C=O) groups is 3. The summed E-state index contributed by atoms with van der Waals surface area (Å²) in [7, 11) is 0. The Kier molecular flexibility index (Phi) is 6.88. The van der Waals surface area contributed by atoms with Crippen molar-refractivity contribution >= 4 is 34.9 Å². The number of hydrogen-bond acceptors (Lipinski definition) is 4. The van der Waals surface area contributed by atoms with E-state index >= 15 is 0 Å². The largest absolute Gasteiger partial charge is 0.392 e. The molecule has 0 aliphatic rings. The Morgan fingerprint density at radius 3 is 2.22 bits per heavy atom. The molecule has 0 aromatic rings. The minimum absolute atomic E-state index is 0.0635. The number of carbonyl (C=O) groups excluding carboxylic acids is 3. The molecule has 0 heterocycles. The number of nitrogens with one attached hydrogen (secondary N) is 1. The van der Waals surface area contributed by atoms with E-state index in [1.54, 1.807) is 0 Å². The van der Waals surface area contributed by atoms with Crippen molar-refractivity contribution in [3.63, 3.8) is 0 Å². The molecule has 3 amide bonds. The van der Waals surface area contributed by atoms with Crippen LogP contribution in [0.5, 0.6) is 0 Å². The molecule has 7 nitrogen and oxygen atoms in total. The molecule has 0 atom stereocenters. The van der Waals surface area contributed by atoms with Crippen LogP contribution in [0.3, 0.4) is 0 Å². The Labute approximate surface area is 111 Å². The van der Waals surface area contributed by atoms with Crippen LogP contribution >= 0.6 is 12.2 Å². The van der Waals surface area contributed by atoms with Gasteiger partial charge in [0.15, 0.2) is 0 Å². The molecule has 8 heteroatoms. The molecule has 0 bridgehead atoms. The Bertz CT molecular complexity index is 357. The second kappa shape index (κ2) is 7.59. The van der Waals surface area contributed by atoms with Crippen LogP contribution in [-0.2, 0) is 14.4 Å². The average Bonchev–Trinajstić information content (AvgIpc) is 2.22. The summed E-state index contributed by atoms with van der Waals surface area (Å²) in [5, 5.41) is 2.26. The first-order valence-corrected chi connectivity index (χ1v) is 5.78. The molecule has 0 spiro atoms. The van der Waals surface area contributed by atoms with E-state index in [-0.39, 0.29) is 30.5 Å². The summed E-state index contributed by atoms with van der Waals surface area (Å²) < 4.78 is 0. The van der Waals surface area contributed by atoms with Gasteiger partial charge in [0, 0.05) is 6.54 Å². The van der Waals surface area contributed by atoms with Gasteiger partial charge in [-0.05, 0) is 5.92 Å². The third-order valence-electron chi connectivity index (χ3n) is 1.84. The highest BCUT2D eigenvalue weighted by Crippen LogP contribution is 1.99. The van der Waals surface area contributed by atoms with Gasteiger partial charge < -0.3 is 21.7 Å². The highest BCUT2D eigenvalue weighted by Gasteiger charge is 2.23. The van der Waals surface area contributed by atoms with E-state index in [0.29, 0.717) is 0 Å². The van der Waals surface area contributed by atoms with E-state index in [1.807, 2.05) is 13.8 Å². The van der Waals surface area contributed by atoms with Gasteiger partial charge in [-0.25, -0.2) is 0 Å². The predicted octanol–water partition coefficient (Wildman–Crippen LogP) is -1.64. The van der Waals surface area contributed by atoms with Crippen LogP contribution in [0.2, 0.25) is 0 Å². The van der Waals surface area contributed by atoms with Crippen molar-refractivity contribution in [3.8, 4) is 0 Å². The van der Waals surface area contributed by atoms with Gasteiger partial charge in [-0.1, -0.05) is 26.1 Å². The zero-order valence-electron chi connectivity index (χ0n) is 10.4. The van der Waals surface area contributed by atoms with Gasteiger partial charge in [0.2, 0.25) is 5.91 Å². The monoisotopic (exact) mass is 274 g/mol. The molecule has 102 valence electrons. The summed E-state index contributed by atoms with van der Waals surface area (Å²) in [5.41, 5.74) is 10.2. The molecular formula is C10H18N4O3S. The van der Waals surface area contributed by atoms with E-state index in [9.17, 15) is 14.4 Å². The highest BCUT2D eigenvalue weighted by molar-refractivity contribution is 7.80. The lowest BCUT2D eigenvalue weighted by molar-refractivity contribution is -0.147. The van der Waals surface area contributed by atoms with E-state index in [2.05, 4.69) is 17.5 Å². The van der Waals surface area contributed by atoms with Gasteiger partial charge in [-0.15, -0.1) is 0 Å². The molecule has 0 aromatic carbocycles. The number of nitrogens with zero attached hydrogens (tertiary/aromatic N) is 1. The van der Waals surface area contributed by atoms with Crippen LogP contribution in [0.25, 0.3) is 0 Å². The number of thiocarbonyl (C=S) groups is 1. The average molecular weight is 274 g/mol. The summed E-state index contributed by atoms with van der Waals surface area (Å²) in [4.78, 5) is 35.2. The number of rotatable bonds is 6. The van der Waals surface area contributed by atoms with Crippen LogP contribution in [0.4, 0.5) is 0 Å². The zero-order valence-corrected chi connectivity index (χ0v) is 11.3. The lowest BCUT2D eigenvalue weighted by Crippen LogP contribution is -2.48. The number of nitrogens with two attached hydrogens (primary N) is 2. The molecule has 0 saturated carbocycles. The van der Waals surface area contributed by atoms with Gasteiger partial charge >= 0.3 is 11.8 Å². The normalized spacial score (nSPS) is 9.94. The maximum absolute atomic E-state index is 11.7. The van der Waals surface area contributed by atoms with E-state index < -0.39 is 17.7 Å². The van der Waals surface area contributed by atoms with Gasteiger partial charge in [0.25, 0.3) is 0 Å². The first kappa shape index (κ1) is 16.3. The Balaban J connectivity index is 4.57. The van der Waals surface area contributed by atoms with Gasteiger partial charge in [0.1, 0.15) is 0 Å². The van der Waals surface area contributed by atoms with Crippen molar-refractivity contribution < 1.29 is 14.4 Å². The third kappa shape index (κ3) is 6.79. The fourth-order valence-corrected chi connectivity index (χ4v) is 1.31.